The number of ether oxygens (including phenoxy) is 1. The van der Waals surface area contributed by atoms with E-state index in [-0.39, 0.29) is 0 Å². The van der Waals surface area contributed by atoms with Gasteiger partial charge in [0.1, 0.15) is 12.0 Å². The molecule has 8 heteroatoms. The van der Waals surface area contributed by atoms with Crippen LogP contribution in [0.1, 0.15) is 18.5 Å². The van der Waals surface area contributed by atoms with E-state index in [1.54, 1.807) is 12.4 Å². The Morgan fingerprint density at radius 1 is 1.03 bits per heavy atom. The first-order chi connectivity index (χ1) is 16.7. The van der Waals surface area contributed by atoms with E-state index in [0.717, 1.165) is 59.5 Å². The predicted molar refractivity (Wildman–Crippen MR) is 128 cm³/mol. The number of piperazine rings is 1. The highest BCUT2D eigenvalue weighted by Crippen LogP contribution is 2.30. The maximum atomic E-state index is 10.9. The lowest BCUT2D eigenvalue weighted by Crippen LogP contribution is -2.62. The van der Waals surface area contributed by atoms with E-state index >= 15 is 0 Å². The monoisotopic (exact) mass is 454 g/mol. The number of carbonyl (C=O) groups excluding carboxylic acids is 1. The molecule has 2 bridgehead atoms. The summed E-state index contributed by atoms with van der Waals surface area (Å²) in [5, 5.41) is 7.94. The van der Waals surface area contributed by atoms with Crippen LogP contribution in [0.5, 0.6) is 11.6 Å². The van der Waals surface area contributed by atoms with Crippen molar-refractivity contribution in [3.8, 4) is 22.9 Å². The van der Waals surface area contributed by atoms with Crippen molar-refractivity contribution in [2.24, 2.45) is 0 Å². The fourth-order valence-electron chi connectivity index (χ4n) is 5.16. The van der Waals surface area contributed by atoms with Crippen LogP contribution in [0.25, 0.3) is 22.2 Å². The molecule has 7 rings (SSSR count). The summed E-state index contributed by atoms with van der Waals surface area (Å²) in [6.45, 7) is 3.39. The van der Waals surface area contributed by atoms with Crippen LogP contribution < -0.4 is 4.74 Å². The van der Waals surface area contributed by atoms with E-state index in [1.807, 2.05) is 36.4 Å². The van der Waals surface area contributed by atoms with E-state index in [1.165, 1.54) is 12.8 Å². The number of nitrogens with one attached hydrogen (secondary N) is 1. The quantitative estimate of drug-likeness (QED) is 0.427. The molecule has 8 nitrogen and oxygen atoms in total. The van der Waals surface area contributed by atoms with Crippen molar-refractivity contribution in [2.75, 3.05) is 19.6 Å². The molecule has 0 spiro atoms. The lowest BCUT2D eigenvalue weighted by molar-refractivity contribution is -0.112. The van der Waals surface area contributed by atoms with Gasteiger partial charge in [-0.3, -0.25) is 19.9 Å². The van der Waals surface area contributed by atoms with Crippen molar-refractivity contribution in [3.63, 3.8) is 0 Å². The minimum Gasteiger partial charge on any atom is -0.439 e. The molecule has 0 aliphatic carbocycles. The van der Waals surface area contributed by atoms with Gasteiger partial charge in [-0.1, -0.05) is 6.07 Å². The van der Waals surface area contributed by atoms with Gasteiger partial charge in [-0.2, -0.15) is 5.10 Å². The lowest BCUT2D eigenvalue weighted by atomic mass is 9.90. The molecule has 6 heterocycles. The molecule has 0 amide bonds. The summed E-state index contributed by atoms with van der Waals surface area (Å²) in [5.74, 6) is 1.27. The first-order valence-corrected chi connectivity index (χ1v) is 11.7. The van der Waals surface area contributed by atoms with Gasteiger partial charge in [-0.15, -0.1) is 0 Å². The number of aromatic nitrogens is 4. The molecule has 0 radical (unpaired) electrons. The van der Waals surface area contributed by atoms with Crippen LogP contribution in [0.2, 0.25) is 0 Å². The molecular formula is C26H26N6O2. The Kier molecular flexibility index (Phi) is 5.52. The minimum atomic E-state index is 0.484. The van der Waals surface area contributed by atoms with Crippen molar-refractivity contribution < 1.29 is 9.53 Å². The van der Waals surface area contributed by atoms with Crippen LogP contribution in [0.3, 0.4) is 0 Å². The van der Waals surface area contributed by atoms with Gasteiger partial charge in [0.15, 0.2) is 0 Å². The van der Waals surface area contributed by atoms with Gasteiger partial charge in [0.25, 0.3) is 0 Å². The summed E-state index contributed by atoms with van der Waals surface area (Å²) in [5.41, 5.74) is 3.91. The number of aldehydes is 1. The third-order valence-electron chi connectivity index (χ3n) is 6.92. The van der Waals surface area contributed by atoms with Gasteiger partial charge in [0.2, 0.25) is 5.88 Å². The largest absolute Gasteiger partial charge is 0.439 e. The molecule has 3 saturated heterocycles. The number of carbonyl (C=O) groups is 1. The Morgan fingerprint density at radius 2 is 1.91 bits per heavy atom. The van der Waals surface area contributed by atoms with Crippen molar-refractivity contribution in [3.05, 3.63) is 66.6 Å². The second-order valence-corrected chi connectivity index (χ2v) is 9.05. The third-order valence-corrected chi connectivity index (χ3v) is 6.92. The number of aromatic amines is 1. The van der Waals surface area contributed by atoms with Gasteiger partial charge in [-0.05, 0) is 49.2 Å². The van der Waals surface area contributed by atoms with E-state index < -0.39 is 0 Å². The SMILES string of the molecule is O=CCN1CC2CCC1CN2Cc1ccc2cc(Oc3ccc(-c4ccn[nH]4)cn3)ccc2n1. The standard InChI is InChI=1S/C26H26N6O2/c33-12-11-31-16-22-5-4-21(31)17-32(22)15-20-3-1-18-13-23(6-7-24(18)29-20)34-26-8-2-19(14-27-26)25-9-10-28-30-25/h1-3,6-10,12-14,21-22H,4-5,11,15-17H2,(H,28,30). The fourth-order valence-corrected chi connectivity index (χ4v) is 5.16. The average Bonchev–Trinajstić information content (AvgIpc) is 3.41. The van der Waals surface area contributed by atoms with E-state index in [2.05, 4.69) is 37.1 Å². The molecule has 3 fully saturated rings. The van der Waals surface area contributed by atoms with Crippen molar-refractivity contribution in [1.82, 2.24) is 30.0 Å². The summed E-state index contributed by atoms with van der Waals surface area (Å²) in [4.78, 5) is 25.1. The molecule has 1 N–H and O–H groups in total. The van der Waals surface area contributed by atoms with Crippen molar-refractivity contribution >= 4 is 17.2 Å². The second kappa shape index (κ2) is 8.96. The maximum Gasteiger partial charge on any atom is 0.219 e. The van der Waals surface area contributed by atoms with Crippen LogP contribution in [0, 0.1) is 0 Å². The number of fused-ring (bicyclic) bond motifs is 4. The smallest absolute Gasteiger partial charge is 0.219 e. The summed E-state index contributed by atoms with van der Waals surface area (Å²) in [6.07, 6.45) is 6.90. The highest BCUT2D eigenvalue weighted by molar-refractivity contribution is 5.80. The van der Waals surface area contributed by atoms with Crippen LogP contribution in [0.15, 0.2) is 60.9 Å². The number of pyridine rings is 2. The number of benzene rings is 1. The Hall–Kier alpha value is -3.62. The number of piperidine rings is 2. The fraction of sp³-hybridized carbons (Fsp3) is 0.308. The van der Waals surface area contributed by atoms with Gasteiger partial charge in [-0.25, -0.2) is 4.98 Å². The highest BCUT2D eigenvalue weighted by atomic mass is 16.5. The number of rotatable bonds is 7. The zero-order valence-corrected chi connectivity index (χ0v) is 18.8. The number of H-pyrrole nitrogens is 1. The molecule has 2 unspecified atom stereocenters. The number of hydrogen-bond acceptors (Lipinski definition) is 7. The minimum absolute atomic E-state index is 0.484. The Labute approximate surface area is 197 Å². The normalized spacial score (nSPS) is 20.6. The van der Waals surface area contributed by atoms with Crippen molar-refractivity contribution in [1.29, 1.82) is 0 Å². The molecule has 1 aromatic carbocycles. The van der Waals surface area contributed by atoms with E-state index in [0.29, 0.717) is 24.5 Å². The summed E-state index contributed by atoms with van der Waals surface area (Å²) >= 11 is 0. The van der Waals surface area contributed by atoms with Crippen LogP contribution >= 0.6 is 0 Å². The van der Waals surface area contributed by atoms with Crippen LogP contribution in [-0.4, -0.2) is 68.0 Å². The second-order valence-electron chi connectivity index (χ2n) is 9.05. The van der Waals surface area contributed by atoms with Crippen LogP contribution in [-0.2, 0) is 11.3 Å². The summed E-state index contributed by atoms with van der Waals surface area (Å²) in [6, 6.07) is 16.8. The first-order valence-electron chi connectivity index (χ1n) is 11.7. The molecule has 4 aromatic rings. The summed E-state index contributed by atoms with van der Waals surface area (Å²) < 4.78 is 5.97. The zero-order valence-electron chi connectivity index (χ0n) is 18.8. The Balaban J connectivity index is 1.13. The molecule has 3 aliphatic rings. The van der Waals surface area contributed by atoms with Crippen molar-refractivity contribution in [2.45, 2.75) is 31.5 Å². The molecule has 0 saturated carbocycles. The highest BCUT2D eigenvalue weighted by Gasteiger charge is 2.38. The molecule has 34 heavy (non-hydrogen) atoms. The predicted octanol–water partition coefficient (Wildman–Crippen LogP) is 3.66. The van der Waals surface area contributed by atoms with Crippen LogP contribution in [0.4, 0.5) is 0 Å². The lowest BCUT2D eigenvalue weighted by Gasteiger charge is -2.51. The van der Waals surface area contributed by atoms with Gasteiger partial charge in [0.05, 0.1) is 23.4 Å². The molecule has 3 aliphatic heterocycles. The molecular weight excluding hydrogens is 428 g/mol. The Bertz CT molecular complexity index is 1290. The zero-order chi connectivity index (χ0) is 22.9. The van der Waals surface area contributed by atoms with Gasteiger partial charge in [0, 0.05) is 61.1 Å². The molecule has 2 atom stereocenters. The topological polar surface area (TPSA) is 87.2 Å². The Morgan fingerprint density at radius 3 is 2.65 bits per heavy atom. The summed E-state index contributed by atoms with van der Waals surface area (Å²) in [7, 11) is 0. The van der Waals surface area contributed by atoms with E-state index in [9.17, 15) is 4.79 Å². The molecule has 3 aromatic heterocycles. The first kappa shape index (κ1) is 20.9. The molecule has 172 valence electrons. The number of nitrogens with zero attached hydrogens (tertiary/aromatic N) is 5. The number of hydrogen-bond donors (Lipinski definition) is 1. The van der Waals surface area contributed by atoms with Gasteiger partial charge < -0.3 is 9.53 Å². The average molecular weight is 455 g/mol. The third kappa shape index (κ3) is 4.18. The van der Waals surface area contributed by atoms with E-state index in [4.69, 9.17) is 9.72 Å². The maximum absolute atomic E-state index is 10.9. The van der Waals surface area contributed by atoms with Gasteiger partial charge >= 0.3 is 0 Å².